The lowest BCUT2D eigenvalue weighted by Crippen LogP contribution is -2.21. The number of aliphatic hydroxyl groups excluding tert-OH is 1. The van der Waals surface area contributed by atoms with Crippen LogP contribution >= 0.6 is 11.3 Å². The van der Waals surface area contributed by atoms with E-state index in [1.54, 1.807) is 29.0 Å². The molecule has 144 valence electrons. The molecule has 7 nitrogen and oxygen atoms in total. The Morgan fingerprint density at radius 3 is 2.89 bits per heavy atom. The van der Waals surface area contributed by atoms with E-state index in [1.807, 2.05) is 35.7 Å². The van der Waals surface area contributed by atoms with Crippen LogP contribution in [0.2, 0.25) is 0 Å². The monoisotopic (exact) mass is 396 g/mol. The molecule has 8 heteroatoms. The topological polar surface area (TPSA) is 107 Å². The predicted molar refractivity (Wildman–Crippen MR) is 107 cm³/mol. The van der Waals surface area contributed by atoms with Crippen molar-refractivity contribution in [1.29, 1.82) is 0 Å². The highest BCUT2D eigenvalue weighted by Crippen LogP contribution is 2.30. The number of amides is 1. The van der Waals surface area contributed by atoms with Gasteiger partial charge in [-0.1, -0.05) is 18.2 Å². The molecule has 3 N–H and O–H groups in total. The summed E-state index contributed by atoms with van der Waals surface area (Å²) in [4.78, 5) is 20.9. The van der Waals surface area contributed by atoms with Crippen LogP contribution in [-0.4, -0.2) is 31.7 Å². The van der Waals surface area contributed by atoms with Crippen molar-refractivity contribution in [2.75, 3.05) is 0 Å². The molecule has 0 bridgehead atoms. The highest BCUT2D eigenvalue weighted by Gasteiger charge is 2.20. The minimum absolute atomic E-state index is 0.184. The highest BCUT2D eigenvalue weighted by molar-refractivity contribution is 7.13. The van der Waals surface area contributed by atoms with Crippen LogP contribution in [0.3, 0.4) is 0 Å². The van der Waals surface area contributed by atoms with E-state index in [9.17, 15) is 9.90 Å². The van der Waals surface area contributed by atoms with E-state index in [0.29, 0.717) is 18.7 Å². The molecule has 3 heterocycles. The van der Waals surface area contributed by atoms with Gasteiger partial charge in [0.2, 0.25) is 5.89 Å². The fourth-order valence-corrected chi connectivity index (χ4v) is 3.95. The number of hydrogen-bond donors (Lipinski definition) is 2. The molecule has 1 amide bonds. The average Bonchev–Trinajstić information content (AvgIpc) is 3.41. The van der Waals surface area contributed by atoms with E-state index in [2.05, 4.69) is 9.97 Å². The van der Waals surface area contributed by atoms with Gasteiger partial charge in [0.05, 0.1) is 23.4 Å². The van der Waals surface area contributed by atoms with Crippen molar-refractivity contribution in [2.45, 2.75) is 31.9 Å². The minimum atomic E-state index is -0.620. The van der Waals surface area contributed by atoms with Crippen molar-refractivity contribution in [3.8, 4) is 10.8 Å². The van der Waals surface area contributed by atoms with E-state index in [4.69, 9.17) is 10.2 Å². The third-order valence-electron chi connectivity index (χ3n) is 4.73. The van der Waals surface area contributed by atoms with Crippen LogP contribution in [0.15, 0.2) is 52.7 Å². The van der Waals surface area contributed by atoms with Crippen molar-refractivity contribution in [1.82, 2.24) is 14.5 Å². The van der Waals surface area contributed by atoms with E-state index in [0.717, 1.165) is 21.5 Å². The molecule has 1 aromatic carbocycles. The van der Waals surface area contributed by atoms with Gasteiger partial charge in [0.25, 0.3) is 5.91 Å². The predicted octanol–water partition coefficient (Wildman–Crippen LogP) is 3.41. The molecule has 4 rings (SSSR count). The average molecular weight is 396 g/mol. The van der Waals surface area contributed by atoms with Crippen molar-refractivity contribution < 1.29 is 14.3 Å². The lowest BCUT2D eigenvalue weighted by Gasteiger charge is -2.21. The molecule has 0 fully saturated rings. The Morgan fingerprint density at radius 2 is 2.21 bits per heavy atom. The largest absolute Gasteiger partial charge is 0.435 e. The highest BCUT2D eigenvalue weighted by atomic mass is 32.1. The summed E-state index contributed by atoms with van der Waals surface area (Å²) in [7, 11) is 0. The summed E-state index contributed by atoms with van der Waals surface area (Å²) < 4.78 is 7.77. The van der Waals surface area contributed by atoms with E-state index in [1.165, 1.54) is 6.33 Å². The van der Waals surface area contributed by atoms with Gasteiger partial charge in [0.1, 0.15) is 11.2 Å². The molecule has 2 unspecified atom stereocenters. The van der Waals surface area contributed by atoms with Crippen LogP contribution in [0.4, 0.5) is 0 Å². The number of fused-ring (bicyclic) bond motifs is 1. The first-order valence-corrected chi connectivity index (χ1v) is 9.84. The fourth-order valence-electron chi connectivity index (χ4n) is 3.30. The minimum Gasteiger partial charge on any atom is -0.435 e. The van der Waals surface area contributed by atoms with Gasteiger partial charge in [-0.05, 0) is 42.8 Å². The first kappa shape index (κ1) is 18.4. The smallest absolute Gasteiger partial charge is 0.268 e. The molecule has 28 heavy (non-hydrogen) atoms. The van der Waals surface area contributed by atoms with Gasteiger partial charge in [-0.3, -0.25) is 4.79 Å². The maximum atomic E-state index is 11.3. The number of carbonyl (C=O) groups is 1. The quantitative estimate of drug-likeness (QED) is 0.498. The summed E-state index contributed by atoms with van der Waals surface area (Å²) in [6, 6.07) is 9.60. The number of rotatable bonds is 7. The second-order valence-electron chi connectivity index (χ2n) is 6.68. The van der Waals surface area contributed by atoms with E-state index in [-0.39, 0.29) is 11.7 Å². The molecule has 0 aliphatic rings. The number of nitrogens with two attached hydrogens (primary N) is 1. The zero-order chi connectivity index (χ0) is 19.7. The van der Waals surface area contributed by atoms with E-state index < -0.39 is 12.0 Å². The molecular weight excluding hydrogens is 376 g/mol. The number of primary amides is 1. The van der Waals surface area contributed by atoms with Gasteiger partial charge < -0.3 is 19.8 Å². The van der Waals surface area contributed by atoms with Gasteiger partial charge in [0, 0.05) is 6.20 Å². The lowest BCUT2D eigenvalue weighted by molar-refractivity contribution is 0.0994. The maximum Gasteiger partial charge on any atom is 0.268 e. The number of imidazole rings is 1. The van der Waals surface area contributed by atoms with Crippen LogP contribution < -0.4 is 5.73 Å². The number of thiophene rings is 1. The number of benzene rings is 1. The third kappa shape index (κ3) is 3.56. The van der Waals surface area contributed by atoms with Gasteiger partial charge in [-0.2, -0.15) is 0 Å². The number of para-hydroxylation sites is 1. The standard InChI is InChI=1S/C20H20N4O3S/c1-12(25)16(24-10-15(19(21)26)22-11-24)8-7-13-4-2-5-14-18(13)27-20(23-14)17-6-3-9-28-17/h2-6,9-12,16,25H,7-8H2,1H3,(H2,21,26). The van der Waals surface area contributed by atoms with Crippen LogP contribution in [0.25, 0.3) is 21.9 Å². The van der Waals surface area contributed by atoms with Crippen LogP contribution in [-0.2, 0) is 6.42 Å². The Morgan fingerprint density at radius 1 is 1.36 bits per heavy atom. The Kier molecular flexibility index (Phi) is 4.97. The Bertz CT molecular complexity index is 1100. The fraction of sp³-hybridized carbons (Fsp3) is 0.250. The Balaban J connectivity index is 1.58. The summed E-state index contributed by atoms with van der Waals surface area (Å²) in [6.45, 7) is 1.72. The molecule has 3 aromatic heterocycles. The third-order valence-corrected chi connectivity index (χ3v) is 5.59. The molecule has 0 aliphatic carbocycles. The number of oxazole rings is 1. The molecule has 0 radical (unpaired) electrons. The zero-order valence-corrected chi connectivity index (χ0v) is 16.1. The first-order valence-electron chi connectivity index (χ1n) is 8.96. The lowest BCUT2D eigenvalue weighted by atomic mass is 10.0. The van der Waals surface area contributed by atoms with Gasteiger partial charge in [0.15, 0.2) is 5.58 Å². The van der Waals surface area contributed by atoms with E-state index >= 15 is 0 Å². The number of aliphatic hydroxyl groups is 1. The summed E-state index contributed by atoms with van der Waals surface area (Å²) >= 11 is 1.58. The number of aromatic nitrogens is 3. The normalized spacial score (nSPS) is 13.6. The van der Waals surface area contributed by atoms with Crippen molar-refractivity contribution in [2.24, 2.45) is 5.73 Å². The first-order chi connectivity index (χ1) is 13.5. The van der Waals surface area contributed by atoms with Gasteiger partial charge >= 0.3 is 0 Å². The molecular formula is C20H20N4O3S. The zero-order valence-electron chi connectivity index (χ0n) is 15.3. The van der Waals surface area contributed by atoms with Crippen LogP contribution in [0, 0.1) is 0 Å². The Labute approximate surface area is 165 Å². The van der Waals surface area contributed by atoms with Gasteiger partial charge in [-0.15, -0.1) is 11.3 Å². The SMILES string of the molecule is CC(O)C(CCc1cccc2nc(-c3cccs3)oc12)n1cnc(C(N)=O)c1. The van der Waals surface area contributed by atoms with Crippen LogP contribution in [0.1, 0.15) is 35.4 Å². The van der Waals surface area contributed by atoms with Gasteiger partial charge in [-0.25, -0.2) is 9.97 Å². The molecule has 4 aromatic rings. The second-order valence-corrected chi connectivity index (χ2v) is 7.63. The summed E-state index contributed by atoms with van der Waals surface area (Å²) in [6.07, 6.45) is 3.80. The molecule has 0 spiro atoms. The number of hydrogen-bond acceptors (Lipinski definition) is 6. The number of carbonyl (C=O) groups excluding carboxylic acids is 1. The molecule has 0 saturated carbocycles. The molecule has 0 saturated heterocycles. The molecule has 0 aliphatic heterocycles. The van der Waals surface area contributed by atoms with Crippen molar-refractivity contribution in [3.05, 3.63) is 59.5 Å². The van der Waals surface area contributed by atoms with Crippen molar-refractivity contribution in [3.63, 3.8) is 0 Å². The van der Waals surface area contributed by atoms with Crippen molar-refractivity contribution >= 4 is 28.3 Å². The second kappa shape index (κ2) is 7.57. The Hall–Kier alpha value is -2.97. The summed E-state index contributed by atoms with van der Waals surface area (Å²) in [5, 5.41) is 12.2. The molecule has 2 atom stereocenters. The van der Waals surface area contributed by atoms with Crippen LogP contribution in [0.5, 0.6) is 0 Å². The summed E-state index contributed by atoms with van der Waals surface area (Å²) in [5.74, 6) is 0.0286. The maximum absolute atomic E-state index is 11.3. The number of nitrogens with zero attached hydrogens (tertiary/aromatic N) is 3. The number of aryl methyl sites for hydroxylation is 1. The summed E-state index contributed by atoms with van der Waals surface area (Å²) in [5.41, 5.74) is 8.06.